The maximum Gasteiger partial charge on any atom is 0.0701 e. The van der Waals surface area contributed by atoms with E-state index in [9.17, 15) is 0 Å². The second-order valence-corrected chi connectivity index (χ2v) is 6.83. The van der Waals surface area contributed by atoms with Crippen molar-refractivity contribution in [3.05, 3.63) is 20.8 Å². The van der Waals surface area contributed by atoms with Crippen LogP contribution in [0.5, 0.6) is 0 Å². The first kappa shape index (κ1) is 15.2. The first-order valence-corrected chi connectivity index (χ1v) is 7.97. The van der Waals surface area contributed by atoms with Crippen molar-refractivity contribution in [3.8, 4) is 0 Å². The molecule has 0 saturated carbocycles. The lowest BCUT2D eigenvalue weighted by atomic mass is 10.0. The summed E-state index contributed by atoms with van der Waals surface area (Å²) >= 11 is 5.26. The number of nitrogens with zero attached hydrogens (tertiary/aromatic N) is 1. The molecular weight excluding hydrogens is 296 g/mol. The van der Waals surface area contributed by atoms with Gasteiger partial charge in [0.15, 0.2) is 0 Å². The topological polar surface area (TPSA) is 29.3 Å². The molecule has 0 saturated heterocycles. The molecule has 0 aromatic carbocycles. The second kappa shape index (κ2) is 7.52. The third-order valence-electron chi connectivity index (χ3n) is 3.29. The largest absolute Gasteiger partial charge is 0.329 e. The van der Waals surface area contributed by atoms with E-state index in [-0.39, 0.29) is 0 Å². The van der Waals surface area contributed by atoms with Gasteiger partial charge in [-0.1, -0.05) is 27.2 Å². The summed E-state index contributed by atoms with van der Waals surface area (Å²) in [6, 6.07) is 2.55. The Labute approximate surface area is 117 Å². The van der Waals surface area contributed by atoms with E-state index in [2.05, 4.69) is 53.0 Å². The quantitative estimate of drug-likeness (QED) is 0.826. The van der Waals surface area contributed by atoms with Crippen molar-refractivity contribution >= 4 is 27.3 Å². The van der Waals surface area contributed by atoms with Crippen LogP contribution in [0.25, 0.3) is 0 Å². The Kier molecular flexibility index (Phi) is 6.70. The molecule has 0 radical (unpaired) electrons. The molecule has 2 unspecified atom stereocenters. The molecule has 0 aliphatic carbocycles. The van der Waals surface area contributed by atoms with Crippen molar-refractivity contribution in [2.45, 2.75) is 33.2 Å². The summed E-state index contributed by atoms with van der Waals surface area (Å²) in [6.07, 6.45) is 1.22. The fraction of sp³-hybridized carbons (Fsp3) is 0.692. The number of hydrogen-bond acceptors (Lipinski definition) is 3. The molecule has 98 valence electrons. The molecule has 4 heteroatoms. The molecule has 0 amide bonds. The Morgan fingerprint density at radius 2 is 2.18 bits per heavy atom. The minimum absolute atomic E-state index is 0.358. The Hall–Kier alpha value is 0.100. The number of halogens is 1. The van der Waals surface area contributed by atoms with E-state index < -0.39 is 0 Å². The van der Waals surface area contributed by atoms with Gasteiger partial charge in [-0.15, -0.1) is 11.3 Å². The van der Waals surface area contributed by atoms with Crippen molar-refractivity contribution in [1.82, 2.24) is 4.90 Å². The van der Waals surface area contributed by atoms with Gasteiger partial charge in [0.25, 0.3) is 0 Å². The van der Waals surface area contributed by atoms with Crippen molar-refractivity contribution in [1.29, 1.82) is 0 Å². The highest BCUT2D eigenvalue weighted by Crippen LogP contribution is 2.28. The monoisotopic (exact) mass is 318 g/mol. The van der Waals surface area contributed by atoms with Crippen LogP contribution in [-0.2, 0) is 0 Å². The summed E-state index contributed by atoms with van der Waals surface area (Å²) in [5.41, 5.74) is 7.30. The highest BCUT2D eigenvalue weighted by molar-refractivity contribution is 9.11. The Morgan fingerprint density at radius 1 is 1.47 bits per heavy atom. The first-order valence-electron chi connectivity index (χ1n) is 6.30. The van der Waals surface area contributed by atoms with Crippen LogP contribution in [0.4, 0.5) is 0 Å². The van der Waals surface area contributed by atoms with Crippen LogP contribution in [0.3, 0.4) is 0 Å². The van der Waals surface area contributed by atoms with Gasteiger partial charge in [0.05, 0.1) is 3.79 Å². The lowest BCUT2D eigenvalue weighted by Gasteiger charge is -2.31. The minimum Gasteiger partial charge on any atom is -0.329 e. The number of likely N-dealkylation sites (N-methyl/N-ethyl adjacent to an activating group) is 1. The number of nitrogens with two attached hydrogens (primary N) is 1. The van der Waals surface area contributed by atoms with Crippen molar-refractivity contribution in [2.24, 2.45) is 11.7 Å². The minimum atomic E-state index is 0.358. The fourth-order valence-corrected chi connectivity index (χ4v) is 3.22. The summed E-state index contributed by atoms with van der Waals surface area (Å²) < 4.78 is 1.19. The summed E-state index contributed by atoms with van der Waals surface area (Å²) in [5, 5.41) is 2.21. The number of thiophene rings is 1. The van der Waals surface area contributed by atoms with Gasteiger partial charge in [-0.25, -0.2) is 0 Å². The van der Waals surface area contributed by atoms with Gasteiger partial charge < -0.3 is 5.73 Å². The standard InChI is InChI=1S/C13H23BrN2S/c1-4-10(3)8-16(5-2)12(7-15)11-6-13(14)17-9-11/h6,9-10,12H,4-5,7-8,15H2,1-3H3. The molecule has 2 atom stereocenters. The third-order valence-corrected chi connectivity index (χ3v) is 4.81. The fourth-order valence-electron chi connectivity index (χ4n) is 2.00. The molecule has 1 rings (SSSR count). The molecule has 0 aliphatic heterocycles. The van der Waals surface area contributed by atoms with E-state index in [0.717, 1.165) is 19.0 Å². The lowest BCUT2D eigenvalue weighted by molar-refractivity contribution is 0.182. The molecule has 1 aromatic heterocycles. The normalized spacial score (nSPS) is 15.2. The Morgan fingerprint density at radius 3 is 2.59 bits per heavy atom. The molecule has 17 heavy (non-hydrogen) atoms. The van der Waals surface area contributed by atoms with E-state index in [1.54, 1.807) is 11.3 Å². The van der Waals surface area contributed by atoms with Crippen LogP contribution in [-0.4, -0.2) is 24.5 Å². The van der Waals surface area contributed by atoms with Gasteiger partial charge in [-0.2, -0.15) is 0 Å². The van der Waals surface area contributed by atoms with Gasteiger partial charge in [0.1, 0.15) is 0 Å². The second-order valence-electron chi connectivity index (χ2n) is 4.54. The molecule has 0 bridgehead atoms. The zero-order valence-electron chi connectivity index (χ0n) is 10.9. The zero-order chi connectivity index (χ0) is 12.8. The number of rotatable bonds is 7. The average molecular weight is 319 g/mol. The molecule has 0 spiro atoms. The Balaban J connectivity index is 2.76. The smallest absolute Gasteiger partial charge is 0.0701 e. The molecule has 2 N–H and O–H groups in total. The predicted octanol–water partition coefficient (Wildman–Crippen LogP) is 3.88. The van der Waals surface area contributed by atoms with Crippen molar-refractivity contribution in [3.63, 3.8) is 0 Å². The van der Waals surface area contributed by atoms with Crippen molar-refractivity contribution in [2.75, 3.05) is 19.6 Å². The highest BCUT2D eigenvalue weighted by Gasteiger charge is 2.20. The SMILES string of the molecule is CCC(C)CN(CC)C(CN)c1csc(Br)c1. The average Bonchev–Trinajstić information content (AvgIpc) is 2.75. The van der Waals surface area contributed by atoms with Crippen LogP contribution < -0.4 is 5.73 Å². The number of hydrogen-bond donors (Lipinski definition) is 1. The van der Waals surface area contributed by atoms with Crippen LogP contribution in [0, 0.1) is 5.92 Å². The zero-order valence-corrected chi connectivity index (χ0v) is 13.4. The molecule has 1 aromatic rings. The van der Waals surface area contributed by atoms with Crippen LogP contribution in [0.1, 0.15) is 38.8 Å². The highest BCUT2D eigenvalue weighted by atomic mass is 79.9. The lowest BCUT2D eigenvalue weighted by Crippen LogP contribution is -2.36. The van der Waals surface area contributed by atoms with Gasteiger partial charge >= 0.3 is 0 Å². The van der Waals surface area contributed by atoms with Gasteiger partial charge in [-0.3, -0.25) is 4.90 Å². The maximum atomic E-state index is 5.96. The van der Waals surface area contributed by atoms with Gasteiger partial charge in [0.2, 0.25) is 0 Å². The third kappa shape index (κ3) is 4.36. The summed E-state index contributed by atoms with van der Waals surface area (Å²) in [5.74, 6) is 0.728. The van der Waals surface area contributed by atoms with Crippen LogP contribution in [0.2, 0.25) is 0 Å². The van der Waals surface area contributed by atoms with E-state index in [0.29, 0.717) is 12.6 Å². The molecule has 1 heterocycles. The van der Waals surface area contributed by atoms with E-state index in [1.807, 2.05) is 0 Å². The molecule has 0 fully saturated rings. The summed E-state index contributed by atoms with van der Waals surface area (Å²) in [6.45, 7) is 9.64. The first-order chi connectivity index (χ1) is 8.12. The summed E-state index contributed by atoms with van der Waals surface area (Å²) in [7, 11) is 0. The van der Waals surface area contributed by atoms with Crippen molar-refractivity contribution < 1.29 is 0 Å². The Bertz CT molecular complexity index is 327. The molecule has 0 aliphatic rings. The predicted molar refractivity (Wildman–Crippen MR) is 80.5 cm³/mol. The molecular formula is C13H23BrN2S. The summed E-state index contributed by atoms with van der Waals surface area (Å²) in [4.78, 5) is 2.49. The van der Waals surface area contributed by atoms with E-state index in [4.69, 9.17) is 5.73 Å². The maximum absolute atomic E-state index is 5.96. The van der Waals surface area contributed by atoms with E-state index >= 15 is 0 Å². The molecule has 2 nitrogen and oxygen atoms in total. The van der Waals surface area contributed by atoms with E-state index in [1.165, 1.54) is 15.8 Å². The van der Waals surface area contributed by atoms with Crippen LogP contribution >= 0.6 is 27.3 Å². The van der Waals surface area contributed by atoms with Crippen LogP contribution in [0.15, 0.2) is 15.2 Å². The van der Waals surface area contributed by atoms with Gasteiger partial charge in [0, 0.05) is 19.1 Å². The van der Waals surface area contributed by atoms with Gasteiger partial charge in [-0.05, 0) is 45.4 Å².